The molecule has 0 aliphatic carbocycles. The summed E-state index contributed by atoms with van der Waals surface area (Å²) in [4.78, 5) is 23.4. The fourth-order valence-corrected chi connectivity index (χ4v) is 1.95. The largest absolute Gasteiger partial charge is 0.462 e. The van der Waals surface area contributed by atoms with Crippen LogP contribution in [-0.4, -0.2) is 23.6 Å². The Bertz CT molecular complexity index is 625. The summed E-state index contributed by atoms with van der Waals surface area (Å²) in [6.45, 7) is 2.04. The molecule has 0 saturated heterocycles. The Labute approximate surface area is 123 Å². The molecule has 0 saturated carbocycles. The molecule has 2 rings (SSSR count). The molecular weight excluding hydrogens is 328 g/mol. The van der Waals surface area contributed by atoms with E-state index in [1.807, 2.05) is 0 Å². The summed E-state index contributed by atoms with van der Waals surface area (Å²) in [5.74, 6) is -0.736. The fraction of sp³-hybridized carbons (Fsp3) is 0.154. The average Bonchev–Trinajstić information content (AvgIpc) is 2.95. The molecule has 7 heteroatoms. The van der Waals surface area contributed by atoms with Crippen molar-refractivity contribution < 1.29 is 18.8 Å². The van der Waals surface area contributed by atoms with Crippen molar-refractivity contribution in [1.29, 1.82) is 0 Å². The van der Waals surface area contributed by atoms with Crippen molar-refractivity contribution in [2.24, 2.45) is 0 Å². The first-order chi connectivity index (χ1) is 9.61. The summed E-state index contributed by atoms with van der Waals surface area (Å²) in [5, 5.41) is 6.10. The molecule has 1 heterocycles. The molecule has 0 spiro atoms. The van der Waals surface area contributed by atoms with Gasteiger partial charge in [0.15, 0.2) is 0 Å². The number of nitrogens with one attached hydrogen (secondary N) is 1. The van der Waals surface area contributed by atoms with E-state index in [-0.39, 0.29) is 5.76 Å². The molecule has 2 aromatic rings. The minimum absolute atomic E-state index is 0.103. The minimum atomic E-state index is -0.424. The molecule has 0 bridgehead atoms. The summed E-state index contributed by atoms with van der Waals surface area (Å²) in [7, 11) is 0. The Morgan fingerprint density at radius 3 is 2.80 bits per heavy atom. The van der Waals surface area contributed by atoms with Gasteiger partial charge >= 0.3 is 5.97 Å². The number of nitrogens with zero attached hydrogens (tertiary/aromatic N) is 1. The molecule has 0 radical (unpaired) electrons. The second-order valence-electron chi connectivity index (χ2n) is 3.75. The summed E-state index contributed by atoms with van der Waals surface area (Å²) in [6, 6.07) is 6.20. The Morgan fingerprint density at radius 2 is 2.20 bits per heavy atom. The number of hydrogen-bond donors (Lipinski definition) is 1. The van der Waals surface area contributed by atoms with Gasteiger partial charge in [-0.1, -0.05) is 5.16 Å². The number of carbonyl (C=O) groups excluding carboxylic acids is 2. The van der Waals surface area contributed by atoms with E-state index in [4.69, 9.17) is 9.26 Å². The lowest BCUT2D eigenvalue weighted by Crippen LogP contribution is -2.12. The number of ether oxygens (including phenoxy) is 1. The number of halogens is 1. The van der Waals surface area contributed by atoms with Crippen molar-refractivity contribution in [3.63, 3.8) is 0 Å². The van der Waals surface area contributed by atoms with Crippen LogP contribution >= 0.6 is 15.9 Å². The zero-order chi connectivity index (χ0) is 14.5. The molecule has 1 N–H and O–H groups in total. The van der Waals surface area contributed by atoms with Crippen LogP contribution in [0.25, 0.3) is 0 Å². The van der Waals surface area contributed by atoms with Crippen LogP contribution in [0.5, 0.6) is 0 Å². The van der Waals surface area contributed by atoms with Crippen molar-refractivity contribution in [3.8, 4) is 0 Å². The molecule has 104 valence electrons. The van der Waals surface area contributed by atoms with Gasteiger partial charge < -0.3 is 14.6 Å². The Balaban J connectivity index is 2.14. The third-order valence-corrected chi connectivity index (χ3v) is 3.05. The van der Waals surface area contributed by atoms with Gasteiger partial charge in [0.2, 0.25) is 5.76 Å². The smallest absolute Gasteiger partial charge is 0.338 e. The number of benzene rings is 1. The normalized spacial score (nSPS) is 10.1. The molecule has 0 fully saturated rings. The van der Waals surface area contributed by atoms with Crippen LogP contribution in [0.15, 0.2) is 39.5 Å². The predicted octanol–water partition coefficient (Wildman–Crippen LogP) is 2.87. The molecule has 0 aliphatic heterocycles. The van der Waals surface area contributed by atoms with Crippen LogP contribution in [0.3, 0.4) is 0 Å². The summed E-state index contributed by atoms with van der Waals surface area (Å²) >= 11 is 3.29. The molecule has 0 unspecified atom stereocenters. The number of amides is 1. The number of anilines is 1. The van der Waals surface area contributed by atoms with E-state index in [2.05, 4.69) is 26.4 Å². The zero-order valence-corrected chi connectivity index (χ0v) is 12.1. The molecule has 1 amide bonds. The molecule has 6 nitrogen and oxygen atoms in total. The SMILES string of the molecule is CCOC(=O)c1ccc(NC(=O)c2ccno2)c(Br)c1. The van der Waals surface area contributed by atoms with Gasteiger partial charge in [-0.05, 0) is 41.1 Å². The number of esters is 1. The Hall–Kier alpha value is -2.15. The topological polar surface area (TPSA) is 81.4 Å². The average molecular weight is 339 g/mol. The van der Waals surface area contributed by atoms with Gasteiger partial charge in [0.1, 0.15) is 0 Å². The molecule has 1 aromatic heterocycles. The number of carbonyl (C=O) groups is 2. The van der Waals surface area contributed by atoms with Gasteiger partial charge in [-0.2, -0.15) is 0 Å². The predicted molar refractivity (Wildman–Crippen MR) is 74.6 cm³/mol. The third kappa shape index (κ3) is 3.24. The van der Waals surface area contributed by atoms with Crippen LogP contribution in [0, 0.1) is 0 Å². The van der Waals surface area contributed by atoms with Crippen LogP contribution < -0.4 is 5.32 Å². The van der Waals surface area contributed by atoms with Gasteiger partial charge in [-0.15, -0.1) is 0 Å². The van der Waals surface area contributed by atoms with E-state index < -0.39 is 11.9 Å². The van der Waals surface area contributed by atoms with Crippen molar-refractivity contribution in [2.75, 3.05) is 11.9 Å². The second kappa shape index (κ2) is 6.33. The van der Waals surface area contributed by atoms with Crippen molar-refractivity contribution >= 4 is 33.5 Å². The molecular formula is C13H11BrN2O4. The summed E-state index contributed by atoms with van der Waals surface area (Å²) in [6.07, 6.45) is 1.38. The van der Waals surface area contributed by atoms with Gasteiger partial charge in [-0.25, -0.2) is 4.79 Å². The van der Waals surface area contributed by atoms with E-state index >= 15 is 0 Å². The molecule has 1 aromatic carbocycles. The van der Waals surface area contributed by atoms with Crippen molar-refractivity contribution in [1.82, 2.24) is 5.16 Å². The van der Waals surface area contributed by atoms with E-state index in [9.17, 15) is 9.59 Å². The van der Waals surface area contributed by atoms with Gasteiger partial charge in [0.05, 0.1) is 24.1 Å². The van der Waals surface area contributed by atoms with Crippen molar-refractivity contribution in [3.05, 3.63) is 46.3 Å². The third-order valence-electron chi connectivity index (χ3n) is 2.39. The van der Waals surface area contributed by atoms with E-state index in [0.29, 0.717) is 22.3 Å². The first kappa shape index (κ1) is 14.3. The molecule has 20 heavy (non-hydrogen) atoms. The van der Waals surface area contributed by atoms with Gasteiger partial charge in [0.25, 0.3) is 5.91 Å². The number of hydrogen-bond acceptors (Lipinski definition) is 5. The molecule has 0 aliphatic rings. The van der Waals surface area contributed by atoms with Gasteiger partial charge in [0, 0.05) is 10.5 Å². The number of aromatic nitrogens is 1. The minimum Gasteiger partial charge on any atom is -0.462 e. The van der Waals surface area contributed by atoms with Crippen LogP contribution in [0.4, 0.5) is 5.69 Å². The maximum atomic E-state index is 11.8. The summed E-state index contributed by atoms with van der Waals surface area (Å²) < 4.78 is 10.2. The van der Waals surface area contributed by atoms with Crippen LogP contribution in [-0.2, 0) is 4.74 Å². The van der Waals surface area contributed by atoms with Gasteiger partial charge in [-0.3, -0.25) is 4.79 Å². The monoisotopic (exact) mass is 338 g/mol. The van der Waals surface area contributed by atoms with Crippen LogP contribution in [0.1, 0.15) is 27.8 Å². The highest BCUT2D eigenvalue weighted by Crippen LogP contribution is 2.24. The Morgan fingerprint density at radius 1 is 1.40 bits per heavy atom. The highest BCUT2D eigenvalue weighted by atomic mass is 79.9. The standard InChI is InChI=1S/C13H11BrN2O4/c1-2-19-13(18)8-3-4-10(9(14)7-8)16-12(17)11-5-6-15-20-11/h3-7H,2H2,1H3,(H,16,17). The quantitative estimate of drug-likeness (QED) is 0.867. The molecule has 0 atom stereocenters. The van der Waals surface area contributed by atoms with E-state index in [0.717, 1.165) is 0 Å². The lowest BCUT2D eigenvalue weighted by molar-refractivity contribution is 0.0526. The maximum Gasteiger partial charge on any atom is 0.338 e. The van der Waals surface area contributed by atoms with Crippen LogP contribution in [0.2, 0.25) is 0 Å². The lowest BCUT2D eigenvalue weighted by atomic mass is 10.2. The highest BCUT2D eigenvalue weighted by Gasteiger charge is 2.13. The zero-order valence-electron chi connectivity index (χ0n) is 10.6. The fourth-order valence-electron chi connectivity index (χ4n) is 1.47. The summed E-state index contributed by atoms with van der Waals surface area (Å²) in [5.41, 5.74) is 0.913. The van der Waals surface area contributed by atoms with Crippen molar-refractivity contribution in [2.45, 2.75) is 6.92 Å². The van der Waals surface area contributed by atoms with E-state index in [1.165, 1.54) is 12.3 Å². The first-order valence-corrected chi connectivity index (χ1v) is 6.60. The number of rotatable bonds is 4. The lowest BCUT2D eigenvalue weighted by Gasteiger charge is -2.07. The first-order valence-electron chi connectivity index (χ1n) is 5.80. The Kier molecular flexibility index (Phi) is 4.52. The second-order valence-corrected chi connectivity index (χ2v) is 4.60. The highest BCUT2D eigenvalue weighted by molar-refractivity contribution is 9.10. The van der Waals surface area contributed by atoms with E-state index in [1.54, 1.807) is 25.1 Å². The maximum absolute atomic E-state index is 11.8.